The topological polar surface area (TPSA) is 51.2 Å². The van der Waals surface area contributed by atoms with Gasteiger partial charge in [-0.2, -0.15) is 0 Å². The molecule has 1 rings (SSSR count). The fraction of sp³-hybridized carbons (Fsp3) is 0.364. The SMILES string of the molecule is Cc1ccccc1C(=O)[C@](C)(Cl)S(C)(=O)=O. The predicted molar refractivity (Wildman–Crippen MR) is 64.6 cm³/mol. The van der Waals surface area contributed by atoms with Gasteiger partial charge < -0.3 is 0 Å². The number of rotatable bonds is 3. The number of Topliss-reactive ketones (excluding diaryl/α,β-unsaturated/α-hetero) is 1. The summed E-state index contributed by atoms with van der Waals surface area (Å²) in [6, 6.07) is 6.76. The fourth-order valence-corrected chi connectivity index (χ4v) is 1.79. The number of benzene rings is 1. The molecule has 0 radical (unpaired) electrons. The molecule has 0 spiro atoms. The summed E-state index contributed by atoms with van der Waals surface area (Å²) < 4.78 is 20.9. The molecule has 0 aliphatic carbocycles. The van der Waals surface area contributed by atoms with Crippen LogP contribution in [-0.2, 0) is 9.84 Å². The van der Waals surface area contributed by atoms with Crippen LogP contribution in [0.15, 0.2) is 24.3 Å². The third kappa shape index (κ3) is 2.28. The van der Waals surface area contributed by atoms with Crippen LogP contribution in [0.5, 0.6) is 0 Å². The van der Waals surface area contributed by atoms with Gasteiger partial charge in [-0.15, -0.1) is 0 Å². The van der Waals surface area contributed by atoms with Crippen molar-refractivity contribution in [2.75, 3.05) is 6.26 Å². The lowest BCUT2D eigenvalue weighted by molar-refractivity contribution is 0.0977. The van der Waals surface area contributed by atoms with Gasteiger partial charge in [-0.25, -0.2) is 8.42 Å². The number of aryl methyl sites for hydroxylation is 1. The summed E-state index contributed by atoms with van der Waals surface area (Å²) in [5, 5.41) is 0. The number of carbonyl (C=O) groups is 1. The number of sulfone groups is 1. The average molecular weight is 261 g/mol. The van der Waals surface area contributed by atoms with Crippen LogP contribution in [0.1, 0.15) is 22.8 Å². The molecule has 16 heavy (non-hydrogen) atoms. The van der Waals surface area contributed by atoms with Crippen molar-refractivity contribution >= 4 is 27.2 Å². The van der Waals surface area contributed by atoms with Gasteiger partial charge in [-0.05, 0) is 19.4 Å². The molecule has 5 heteroatoms. The molecule has 0 amide bonds. The minimum atomic E-state index is -3.65. The highest BCUT2D eigenvalue weighted by atomic mass is 35.5. The van der Waals surface area contributed by atoms with E-state index in [9.17, 15) is 13.2 Å². The zero-order valence-corrected chi connectivity index (χ0v) is 10.9. The second-order valence-electron chi connectivity index (χ2n) is 3.83. The third-order valence-electron chi connectivity index (χ3n) is 2.49. The Kier molecular flexibility index (Phi) is 3.45. The highest BCUT2D eigenvalue weighted by molar-refractivity contribution is 7.94. The van der Waals surface area contributed by atoms with Crippen LogP contribution in [0.4, 0.5) is 0 Å². The molecule has 0 aliphatic rings. The van der Waals surface area contributed by atoms with E-state index in [0.717, 1.165) is 6.26 Å². The lowest BCUT2D eigenvalue weighted by atomic mass is 10.0. The number of halogens is 1. The van der Waals surface area contributed by atoms with E-state index in [-0.39, 0.29) is 0 Å². The number of ketones is 1. The Balaban J connectivity index is 3.29. The van der Waals surface area contributed by atoms with Crippen molar-refractivity contribution in [3.8, 4) is 0 Å². The van der Waals surface area contributed by atoms with E-state index in [2.05, 4.69) is 0 Å². The second-order valence-corrected chi connectivity index (χ2v) is 7.17. The van der Waals surface area contributed by atoms with Gasteiger partial charge >= 0.3 is 0 Å². The highest BCUT2D eigenvalue weighted by Crippen LogP contribution is 2.27. The summed E-state index contributed by atoms with van der Waals surface area (Å²) in [7, 11) is -3.65. The van der Waals surface area contributed by atoms with Crippen LogP contribution in [0, 0.1) is 6.92 Å². The molecule has 0 unspecified atom stereocenters. The minimum absolute atomic E-state index is 0.338. The molecule has 88 valence electrons. The normalized spacial score (nSPS) is 15.5. The van der Waals surface area contributed by atoms with Gasteiger partial charge in [0.25, 0.3) is 0 Å². The first kappa shape index (κ1) is 13.2. The molecule has 0 saturated heterocycles. The first-order valence-corrected chi connectivity index (χ1v) is 6.94. The molecule has 0 aliphatic heterocycles. The maximum absolute atomic E-state index is 12.0. The van der Waals surface area contributed by atoms with E-state index in [1.165, 1.54) is 6.92 Å². The van der Waals surface area contributed by atoms with E-state index in [1.54, 1.807) is 31.2 Å². The number of hydrogen-bond donors (Lipinski definition) is 0. The minimum Gasteiger partial charge on any atom is -0.291 e. The third-order valence-corrected chi connectivity index (χ3v) is 5.08. The maximum Gasteiger partial charge on any atom is 0.204 e. The predicted octanol–water partition coefficient (Wildman–Crippen LogP) is 2.18. The van der Waals surface area contributed by atoms with Crippen molar-refractivity contribution in [1.82, 2.24) is 0 Å². The number of hydrogen-bond acceptors (Lipinski definition) is 3. The quantitative estimate of drug-likeness (QED) is 0.618. The lowest BCUT2D eigenvalue weighted by Gasteiger charge is -2.19. The summed E-state index contributed by atoms with van der Waals surface area (Å²) in [4.78, 5) is 12.0. The molecule has 0 heterocycles. The van der Waals surface area contributed by atoms with Gasteiger partial charge in [0.05, 0.1) is 0 Å². The van der Waals surface area contributed by atoms with Crippen LogP contribution in [-0.4, -0.2) is 24.7 Å². The van der Waals surface area contributed by atoms with Crippen LogP contribution < -0.4 is 0 Å². The number of carbonyl (C=O) groups excluding carboxylic acids is 1. The van der Waals surface area contributed by atoms with Crippen LogP contribution in [0.25, 0.3) is 0 Å². The van der Waals surface area contributed by atoms with Gasteiger partial charge in [-0.1, -0.05) is 35.9 Å². The molecule has 0 saturated carbocycles. The van der Waals surface area contributed by atoms with E-state index in [4.69, 9.17) is 11.6 Å². The molecule has 0 aromatic heterocycles. The van der Waals surface area contributed by atoms with E-state index in [0.29, 0.717) is 11.1 Å². The van der Waals surface area contributed by atoms with E-state index >= 15 is 0 Å². The van der Waals surface area contributed by atoms with Crippen molar-refractivity contribution in [3.05, 3.63) is 35.4 Å². The molecular formula is C11H13ClO3S. The van der Waals surface area contributed by atoms with Gasteiger partial charge in [0, 0.05) is 11.8 Å². The van der Waals surface area contributed by atoms with Crippen molar-refractivity contribution < 1.29 is 13.2 Å². The average Bonchev–Trinajstić information content (AvgIpc) is 2.15. The van der Waals surface area contributed by atoms with Crippen molar-refractivity contribution in [1.29, 1.82) is 0 Å². The first-order chi connectivity index (χ1) is 7.18. The Morgan fingerprint density at radius 3 is 2.25 bits per heavy atom. The van der Waals surface area contributed by atoms with Gasteiger partial charge in [0.2, 0.25) is 4.21 Å². The molecule has 1 atom stereocenters. The van der Waals surface area contributed by atoms with Crippen molar-refractivity contribution in [2.24, 2.45) is 0 Å². The van der Waals surface area contributed by atoms with Crippen LogP contribution in [0.2, 0.25) is 0 Å². The lowest BCUT2D eigenvalue weighted by Crippen LogP contribution is -2.37. The Morgan fingerprint density at radius 2 is 1.81 bits per heavy atom. The van der Waals surface area contributed by atoms with Crippen molar-refractivity contribution in [2.45, 2.75) is 18.1 Å². The van der Waals surface area contributed by atoms with Crippen molar-refractivity contribution in [3.63, 3.8) is 0 Å². The van der Waals surface area contributed by atoms with Gasteiger partial charge in [0.15, 0.2) is 15.6 Å². The molecule has 3 nitrogen and oxygen atoms in total. The zero-order valence-electron chi connectivity index (χ0n) is 9.32. The Labute approximate surface area is 100 Å². The molecule has 0 bridgehead atoms. The summed E-state index contributed by atoms with van der Waals surface area (Å²) in [5.74, 6) is -0.588. The fourth-order valence-electron chi connectivity index (χ4n) is 1.24. The molecule has 1 aromatic rings. The smallest absolute Gasteiger partial charge is 0.204 e. The standard InChI is InChI=1S/C11H13ClO3S/c1-8-6-4-5-7-9(8)10(13)11(2,12)16(3,14)15/h4-7H,1-3H3/t11-/m1/s1. The Bertz CT molecular complexity index is 518. The van der Waals surface area contributed by atoms with Gasteiger partial charge in [-0.3, -0.25) is 4.79 Å². The Hall–Kier alpha value is -0.870. The van der Waals surface area contributed by atoms with E-state index < -0.39 is 19.8 Å². The van der Waals surface area contributed by atoms with Crippen LogP contribution in [0.3, 0.4) is 0 Å². The molecule has 0 fully saturated rings. The zero-order chi connectivity index (χ0) is 12.6. The summed E-state index contributed by atoms with van der Waals surface area (Å²) >= 11 is 5.83. The summed E-state index contributed by atoms with van der Waals surface area (Å²) in [6.07, 6.45) is 0.955. The molecular weight excluding hydrogens is 248 g/mol. The number of alkyl halides is 1. The highest BCUT2D eigenvalue weighted by Gasteiger charge is 2.42. The summed E-state index contributed by atoms with van der Waals surface area (Å²) in [5.41, 5.74) is 1.05. The maximum atomic E-state index is 12.0. The molecule has 1 aromatic carbocycles. The summed E-state index contributed by atoms with van der Waals surface area (Å²) in [6.45, 7) is 2.95. The second kappa shape index (κ2) is 4.18. The monoisotopic (exact) mass is 260 g/mol. The van der Waals surface area contributed by atoms with Crippen LogP contribution >= 0.6 is 11.6 Å². The van der Waals surface area contributed by atoms with Gasteiger partial charge in [0.1, 0.15) is 0 Å². The van der Waals surface area contributed by atoms with E-state index in [1.807, 2.05) is 0 Å². The largest absolute Gasteiger partial charge is 0.291 e. The Morgan fingerprint density at radius 1 is 1.31 bits per heavy atom. The molecule has 0 N–H and O–H groups in total. The first-order valence-electron chi connectivity index (χ1n) is 4.67.